The number of rotatable bonds is 0. The fraction of sp³-hybridized carbons (Fsp3) is 0. The maximum absolute atomic E-state index is 8.33. The Morgan fingerprint density at radius 2 is 1.33 bits per heavy atom. The maximum Gasteiger partial charge on any atom is 2.00 e. The van der Waals surface area contributed by atoms with Crippen molar-refractivity contribution in [2.75, 3.05) is 0 Å². The molecule has 0 aromatic rings. The summed E-state index contributed by atoms with van der Waals surface area (Å²) >= 11 is 0. The second-order valence-corrected chi connectivity index (χ2v) is 0.250. The van der Waals surface area contributed by atoms with E-state index < -0.39 is 6.16 Å². The Morgan fingerprint density at radius 3 is 1.33 bits per heavy atom. The molecule has 32 valence electrons. The van der Waals surface area contributed by atoms with Crippen LogP contribution in [-0.4, -0.2) is 11.6 Å². The summed E-state index contributed by atoms with van der Waals surface area (Å²) in [7, 11) is 0. The molecule has 0 fully saturated rings. The summed E-state index contributed by atoms with van der Waals surface area (Å²) in [5.41, 5.74) is 0. The Bertz CT molecular complexity index is 30.5. The number of hydrogen-bond acceptors (Lipinski definition) is 3. The summed E-state index contributed by atoms with van der Waals surface area (Å²) < 4.78 is 0. The zero-order chi connectivity index (χ0) is 3.58. The zero-order valence-electron chi connectivity index (χ0n) is 2.93. The van der Waals surface area contributed by atoms with Gasteiger partial charge < -0.3 is 20.5 Å². The van der Waals surface area contributed by atoms with Crippen LogP contribution in [0.15, 0.2) is 0 Å². The van der Waals surface area contributed by atoms with Crippen LogP contribution >= 0.6 is 0 Å². The van der Waals surface area contributed by atoms with Crippen molar-refractivity contribution < 1.29 is 48.2 Å². The average Bonchev–Trinajstić information content (AvgIpc) is 0.811. The normalized spacial score (nSPS) is 4.00. The first-order chi connectivity index (χ1) is 1.73. The predicted octanol–water partition coefficient (Wildman–Crippen LogP) is -3.27. The molecule has 0 amide bonds. The minimum absolute atomic E-state index is 0. The van der Waals surface area contributed by atoms with Crippen molar-refractivity contribution in [3.05, 3.63) is 0 Å². The van der Waals surface area contributed by atoms with Crippen molar-refractivity contribution in [2.24, 2.45) is 0 Å². The largest absolute Gasteiger partial charge is 2.00 e. The van der Waals surface area contributed by atoms with Gasteiger partial charge in [0.25, 0.3) is 0 Å². The molecule has 0 unspecified atom stereocenters. The molecular weight excluding hydrogens is 277 g/mol. The van der Waals surface area contributed by atoms with Crippen molar-refractivity contribution in [3.8, 4) is 0 Å². The molecule has 5 heteroatoms. The SMILES string of the molecule is O.O=C([O-])[O-].[Hg+2]. The van der Waals surface area contributed by atoms with Gasteiger partial charge in [-0.25, -0.2) is 0 Å². The minimum Gasteiger partial charge on any atom is -0.652 e. The molecule has 0 rings (SSSR count). The monoisotopic (exact) mass is 280 g/mol. The van der Waals surface area contributed by atoms with Gasteiger partial charge in [-0.05, 0) is 6.16 Å². The minimum atomic E-state index is -2.33. The van der Waals surface area contributed by atoms with Crippen molar-refractivity contribution in [1.29, 1.82) is 0 Å². The molecule has 4 nitrogen and oxygen atoms in total. The van der Waals surface area contributed by atoms with E-state index in [0.717, 1.165) is 0 Å². The summed E-state index contributed by atoms with van der Waals surface area (Å²) in [6.07, 6.45) is -2.33. The molecule has 0 atom stereocenters. The van der Waals surface area contributed by atoms with Gasteiger partial charge in [-0.3, -0.25) is 0 Å². The Hall–Kier alpha value is 0.165. The second-order valence-electron chi connectivity index (χ2n) is 0.250. The van der Waals surface area contributed by atoms with Crippen LogP contribution in [0.3, 0.4) is 0 Å². The molecule has 6 heavy (non-hydrogen) atoms. The molecule has 0 radical (unpaired) electrons. The van der Waals surface area contributed by atoms with Crippen molar-refractivity contribution in [3.63, 3.8) is 0 Å². The van der Waals surface area contributed by atoms with Gasteiger partial charge in [-0.1, -0.05) is 0 Å². The van der Waals surface area contributed by atoms with E-state index in [4.69, 9.17) is 15.0 Å². The smallest absolute Gasteiger partial charge is 0.652 e. The van der Waals surface area contributed by atoms with Gasteiger partial charge in [0.1, 0.15) is 0 Å². The van der Waals surface area contributed by atoms with Crippen LogP contribution in [0.1, 0.15) is 0 Å². The molecule has 2 N–H and O–H groups in total. The molecule has 0 saturated heterocycles. The third-order valence-corrected chi connectivity index (χ3v) is 0. The topological polar surface area (TPSA) is 94.7 Å². The Kier molecular flexibility index (Phi) is 24.5. The van der Waals surface area contributed by atoms with E-state index in [1.54, 1.807) is 0 Å². The van der Waals surface area contributed by atoms with E-state index in [-0.39, 0.29) is 33.1 Å². The molecule has 0 aliphatic rings. The fourth-order valence-corrected chi connectivity index (χ4v) is 0. The summed E-state index contributed by atoms with van der Waals surface area (Å²) in [4.78, 5) is 8.33. The van der Waals surface area contributed by atoms with E-state index in [9.17, 15) is 0 Å². The Balaban J connectivity index is -0.0000000450. The third kappa shape index (κ3) is 1530. The molecule has 0 saturated carbocycles. The van der Waals surface area contributed by atoms with Crippen LogP contribution in [0.2, 0.25) is 0 Å². The maximum atomic E-state index is 8.33. The summed E-state index contributed by atoms with van der Waals surface area (Å²) in [5.74, 6) is 0. The van der Waals surface area contributed by atoms with Gasteiger partial charge in [0.15, 0.2) is 0 Å². The van der Waals surface area contributed by atoms with Crippen LogP contribution in [0.25, 0.3) is 0 Å². The average molecular weight is 279 g/mol. The third-order valence-electron chi connectivity index (χ3n) is 0. The van der Waals surface area contributed by atoms with E-state index >= 15 is 0 Å². The van der Waals surface area contributed by atoms with Gasteiger partial charge in [-0.2, -0.15) is 0 Å². The zero-order valence-corrected chi connectivity index (χ0v) is 8.43. The first kappa shape index (κ1) is 16.4. The summed E-state index contributed by atoms with van der Waals surface area (Å²) in [6, 6.07) is 0. The van der Waals surface area contributed by atoms with Crippen LogP contribution in [0.4, 0.5) is 4.79 Å². The second kappa shape index (κ2) is 8.94. The summed E-state index contributed by atoms with van der Waals surface area (Å²) in [5, 5.41) is 16.7. The molecule has 0 aromatic heterocycles. The summed E-state index contributed by atoms with van der Waals surface area (Å²) in [6.45, 7) is 0. The Labute approximate surface area is 54.6 Å². The van der Waals surface area contributed by atoms with E-state index in [1.165, 1.54) is 0 Å². The molecule has 0 spiro atoms. The van der Waals surface area contributed by atoms with Gasteiger partial charge in [0.05, 0.1) is 0 Å². The molecule has 0 heterocycles. The molecular formula is CH2HgO4. The van der Waals surface area contributed by atoms with Crippen LogP contribution in [0, 0.1) is 0 Å². The van der Waals surface area contributed by atoms with Gasteiger partial charge in [-0.15, -0.1) is 0 Å². The van der Waals surface area contributed by atoms with Crippen molar-refractivity contribution >= 4 is 6.16 Å². The van der Waals surface area contributed by atoms with Crippen LogP contribution < -0.4 is 10.2 Å². The van der Waals surface area contributed by atoms with Crippen molar-refractivity contribution in [2.45, 2.75) is 0 Å². The standard InChI is InChI=1S/CH2O3.Hg.H2O/c2-1(3)4;;/h(H2,2,3,4);;1H2/q;+2;/p-2. The number of carbonyl (C=O) groups excluding carboxylic acids is 1. The van der Waals surface area contributed by atoms with Gasteiger partial charge in [0.2, 0.25) is 0 Å². The van der Waals surface area contributed by atoms with Crippen molar-refractivity contribution in [1.82, 2.24) is 0 Å². The molecule has 0 aromatic carbocycles. The fourth-order valence-electron chi connectivity index (χ4n) is 0. The predicted molar refractivity (Wildman–Crippen MR) is 9.01 cm³/mol. The van der Waals surface area contributed by atoms with Crippen LogP contribution in [0.5, 0.6) is 0 Å². The van der Waals surface area contributed by atoms with E-state index in [2.05, 4.69) is 0 Å². The number of carboxylic acid groups (broad SMARTS) is 2. The van der Waals surface area contributed by atoms with E-state index in [1.807, 2.05) is 0 Å². The first-order valence-corrected chi connectivity index (χ1v) is 0.612. The van der Waals surface area contributed by atoms with Gasteiger partial charge in [0, 0.05) is 0 Å². The number of hydrogen-bond donors (Lipinski definition) is 0. The number of carbonyl (C=O) groups is 1. The van der Waals surface area contributed by atoms with Gasteiger partial charge >= 0.3 is 27.7 Å². The van der Waals surface area contributed by atoms with E-state index in [0.29, 0.717) is 0 Å². The Morgan fingerprint density at radius 1 is 1.33 bits per heavy atom. The molecule has 0 aliphatic heterocycles. The first-order valence-electron chi connectivity index (χ1n) is 0.612. The van der Waals surface area contributed by atoms with Crippen LogP contribution in [-0.2, 0) is 27.7 Å². The molecule has 0 aliphatic carbocycles. The molecule has 0 bridgehead atoms. The quantitative estimate of drug-likeness (QED) is 0.435.